The van der Waals surface area contributed by atoms with Crippen molar-refractivity contribution in [2.24, 2.45) is 0 Å². The van der Waals surface area contributed by atoms with Crippen molar-refractivity contribution in [3.05, 3.63) is 53.9 Å². The summed E-state index contributed by atoms with van der Waals surface area (Å²) >= 11 is 0.999. The molecule has 170 valence electrons. The molecule has 1 aliphatic heterocycles. The highest BCUT2D eigenvalue weighted by Gasteiger charge is 2.31. The number of nitrogens with one attached hydrogen (secondary N) is 1. The zero-order valence-electron chi connectivity index (χ0n) is 17.8. The lowest BCUT2D eigenvalue weighted by molar-refractivity contribution is 0.387. The second-order valence-electron chi connectivity index (χ2n) is 7.37. The van der Waals surface area contributed by atoms with Gasteiger partial charge in [-0.15, -0.1) is 0 Å². The Labute approximate surface area is 194 Å². The molecule has 1 N–H and O–H groups in total. The Kier molecular flexibility index (Phi) is 5.56. The molecule has 5 rings (SSSR count). The molecular weight excluding hydrogens is 464 g/mol. The summed E-state index contributed by atoms with van der Waals surface area (Å²) in [6.45, 7) is 0.506. The van der Waals surface area contributed by atoms with E-state index in [4.69, 9.17) is 9.47 Å². The van der Waals surface area contributed by atoms with Crippen LogP contribution in [0.5, 0.6) is 11.5 Å². The molecule has 0 spiro atoms. The molecule has 0 atom stereocenters. The minimum absolute atomic E-state index is 0.170. The van der Waals surface area contributed by atoms with Gasteiger partial charge in [0.25, 0.3) is 0 Å². The maximum Gasteiger partial charge on any atom is 0.245 e. The Hall–Kier alpha value is -3.35. The van der Waals surface area contributed by atoms with Crippen LogP contribution in [-0.2, 0) is 23.0 Å². The number of anilines is 2. The van der Waals surface area contributed by atoms with Crippen LogP contribution in [0.15, 0.2) is 47.5 Å². The summed E-state index contributed by atoms with van der Waals surface area (Å²) in [5, 5.41) is 3.16. The first-order chi connectivity index (χ1) is 16.0. The van der Waals surface area contributed by atoms with Gasteiger partial charge in [0.15, 0.2) is 0 Å². The minimum atomic E-state index is -3.74. The number of nitrogens with zero attached hydrogens (tertiary/aromatic N) is 5. The SMILES string of the molecule is COc1cc(Nc2ncc3c(n2)CCN(S(=O)(=O)c2cccc4nsnc24)C3)cc(OC)c1. The predicted octanol–water partition coefficient (Wildman–Crippen LogP) is 2.99. The molecule has 4 aromatic rings. The second kappa shape index (κ2) is 8.54. The third kappa shape index (κ3) is 4.08. The van der Waals surface area contributed by atoms with Crippen LogP contribution in [0.2, 0.25) is 0 Å². The van der Waals surface area contributed by atoms with E-state index in [1.165, 1.54) is 4.31 Å². The quantitative estimate of drug-likeness (QED) is 0.440. The second-order valence-corrected chi connectivity index (χ2v) is 9.80. The van der Waals surface area contributed by atoms with E-state index in [0.717, 1.165) is 28.7 Å². The molecule has 0 saturated heterocycles. The zero-order chi connectivity index (χ0) is 23.0. The lowest BCUT2D eigenvalue weighted by Crippen LogP contribution is -2.36. The summed E-state index contributed by atoms with van der Waals surface area (Å²) in [7, 11) is -0.572. The first-order valence-corrected chi connectivity index (χ1v) is 12.2. The van der Waals surface area contributed by atoms with Gasteiger partial charge >= 0.3 is 0 Å². The van der Waals surface area contributed by atoms with Crippen molar-refractivity contribution in [1.29, 1.82) is 0 Å². The molecule has 3 heterocycles. The fraction of sp³-hybridized carbons (Fsp3) is 0.238. The van der Waals surface area contributed by atoms with Crippen molar-refractivity contribution in [2.45, 2.75) is 17.9 Å². The number of fused-ring (bicyclic) bond motifs is 2. The molecule has 2 aromatic carbocycles. The highest BCUT2D eigenvalue weighted by atomic mass is 32.2. The summed E-state index contributed by atoms with van der Waals surface area (Å²) < 4.78 is 47.0. The summed E-state index contributed by atoms with van der Waals surface area (Å²) in [5.41, 5.74) is 3.27. The molecule has 1 aliphatic rings. The van der Waals surface area contributed by atoms with E-state index in [1.54, 1.807) is 44.7 Å². The molecule has 2 aromatic heterocycles. The molecule has 0 bridgehead atoms. The van der Waals surface area contributed by atoms with Gasteiger partial charge in [0.1, 0.15) is 27.4 Å². The largest absolute Gasteiger partial charge is 0.497 e. The van der Waals surface area contributed by atoms with Crippen molar-refractivity contribution in [3.8, 4) is 11.5 Å². The minimum Gasteiger partial charge on any atom is -0.497 e. The first kappa shape index (κ1) is 21.5. The normalized spacial score (nSPS) is 14.1. The van der Waals surface area contributed by atoms with Gasteiger partial charge in [-0.25, -0.2) is 18.4 Å². The van der Waals surface area contributed by atoms with E-state index < -0.39 is 10.0 Å². The van der Waals surface area contributed by atoms with Crippen LogP contribution in [0.3, 0.4) is 0 Å². The van der Waals surface area contributed by atoms with Crippen molar-refractivity contribution in [3.63, 3.8) is 0 Å². The smallest absolute Gasteiger partial charge is 0.245 e. The standard InChI is InChI=1S/C21H20N6O4S2/c1-30-15-8-14(9-16(10-15)31-2)23-21-22-11-13-12-27(7-6-17(13)24-21)33(28,29)19-5-3-4-18-20(19)26-32-25-18/h3-5,8-11H,6-7,12H2,1-2H3,(H,22,23,24). The number of sulfonamides is 1. The number of hydrogen-bond donors (Lipinski definition) is 1. The Bertz CT molecular complexity index is 1420. The lowest BCUT2D eigenvalue weighted by Gasteiger charge is -2.27. The van der Waals surface area contributed by atoms with Gasteiger partial charge in [-0.3, -0.25) is 0 Å². The molecule has 0 aliphatic carbocycles. The average Bonchev–Trinajstić information content (AvgIpc) is 3.32. The monoisotopic (exact) mass is 484 g/mol. The molecule has 0 saturated carbocycles. The third-order valence-corrected chi connectivity index (χ3v) is 7.79. The topological polar surface area (TPSA) is 119 Å². The van der Waals surface area contributed by atoms with Crippen molar-refractivity contribution in [1.82, 2.24) is 23.0 Å². The number of methoxy groups -OCH3 is 2. The van der Waals surface area contributed by atoms with Crippen LogP contribution in [0.4, 0.5) is 11.6 Å². The fourth-order valence-corrected chi connectivity index (χ4v) is 5.86. The fourth-order valence-electron chi connectivity index (χ4n) is 3.69. The molecule has 0 unspecified atom stereocenters. The predicted molar refractivity (Wildman–Crippen MR) is 124 cm³/mol. The van der Waals surface area contributed by atoms with Gasteiger partial charge < -0.3 is 14.8 Å². The summed E-state index contributed by atoms with van der Waals surface area (Å²) in [5.74, 6) is 1.70. The Balaban J connectivity index is 1.39. The van der Waals surface area contributed by atoms with Crippen molar-refractivity contribution >= 4 is 44.4 Å². The Morgan fingerprint density at radius 2 is 1.88 bits per heavy atom. The molecule has 12 heteroatoms. The van der Waals surface area contributed by atoms with Gasteiger partial charge in [-0.05, 0) is 12.1 Å². The van der Waals surface area contributed by atoms with Crippen LogP contribution in [0.25, 0.3) is 11.0 Å². The summed E-state index contributed by atoms with van der Waals surface area (Å²) in [6, 6.07) is 10.4. The molecule has 10 nitrogen and oxygen atoms in total. The van der Waals surface area contributed by atoms with Gasteiger partial charge in [-0.1, -0.05) is 6.07 Å². The lowest BCUT2D eigenvalue weighted by atomic mass is 10.1. The van der Waals surface area contributed by atoms with E-state index >= 15 is 0 Å². The summed E-state index contributed by atoms with van der Waals surface area (Å²) in [4.78, 5) is 9.16. The zero-order valence-corrected chi connectivity index (χ0v) is 19.5. The van der Waals surface area contributed by atoms with E-state index in [2.05, 4.69) is 24.0 Å². The average molecular weight is 485 g/mol. The number of ether oxygens (including phenoxy) is 2. The van der Waals surface area contributed by atoms with E-state index in [1.807, 2.05) is 12.1 Å². The van der Waals surface area contributed by atoms with Crippen molar-refractivity contribution in [2.75, 3.05) is 26.1 Å². The van der Waals surface area contributed by atoms with E-state index in [-0.39, 0.29) is 11.4 Å². The van der Waals surface area contributed by atoms with Crippen molar-refractivity contribution < 1.29 is 17.9 Å². The first-order valence-electron chi connectivity index (χ1n) is 10.0. The van der Waals surface area contributed by atoms with Gasteiger partial charge in [0, 0.05) is 55.2 Å². The number of rotatable bonds is 6. The van der Waals surface area contributed by atoms with E-state index in [0.29, 0.717) is 41.4 Å². The van der Waals surface area contributed by atoms with Crippen LogP contribution in [0.1, 0.15) is 11.3 Å². The Morgan fingerprint density at radius 3 is 2.64 bits per heavy atom. The van der Waals surface area contributed by atoms with E-state index in [9.17, 15) is 8.42 Å². The molecule has 0 fully saturated rings. The molecule has 33 heavy (non-hydrogen) atoms. The van der Waals surface area contributed by atoms with Gasteiger partial charge in [-0.2, -0.15) is 13.1 Å². The van der Waals surface area contributed by atoms with Gasteiger partial charge in [0.2, 0.25) is 16.0 Å². The third-order valence-electron chi connectivity index (χ3n) is 5.37. The maximum absolute atomic E-state index is 13.3. The highest BCUT2D eigenvalue weighted by molar-refractivity contribution is 7.89. The molecule has 0 amide bonds. The summed E-state index contributed by atoms with van der Waals surface area (Å²) in [6.07, 6.45) is 2.13. The molecular formula is C21H20N6O4S2. The Morgan fingerprint density at radius 1 is 1.09 bits per heavy atom. The van der Waals surface area contributed by atoms with Crippen LogP contribution in [0, 0.1) is 0 Å². The maximum atomic E-state index is 13.3. The molecule has 0 radical (unpaired) electrons. The van der Waals surface area contributed by atoms with Crippen LogP contribution < -0.4 is 14.8 Å². The van der Waals surface area contributed by atoms with Crippen LogP contribution >= 0.6 is 11.7 Å². The van der Waals surface area contributed by atoms with Gasteiger partial charge in [0.05, 0.1) is 31.6 Å². The van der Waals surface area contributed by atoms with Crippen LogP contribution in [-0.4, -0.2) is 52.2 Å². The highest BCUT2D eigenvalue weighted by Crippen LogP contribution is 2.30. The number of aromatic nitrogens is 4. The number of hydrogen-bond acceptors (Lipinski definition) is 10. The number of benzene rings is 2.